The van der Waals surface area contributed by atoms with Crippen LogP contribution in [0.3, 0.4) is 0 Å². The molecule has 0 aliphatic heterocycles. The number of rotatable bonds is 9. The van der Waals surface area contributed by atoms with Gasteiger partial charge in [-0.3, -0.25) is 4.79 Å². The van der Waals surface area contributed by atoms with E-state index in [1.165, 1.54) is 17.7 Å². The highest BCUT2D eigenvalue weighted by atomic mass is 32.2. The van der Waals surface area contributed by atoms with Crippen LogP contribution in [0, 0.1) is 5.82 Å². The summed E-state index contributed by atoms with van der Waals surface area (Å²) in [6.07, 6.45) is 1.72. The van der Waals surface area contributed by atoms with Gasteiger partial charge in [0.25, 0.3) is 5.91 Å². The molecule has 0 aliphatic rings. The van der Waals surface area contributed by atoms with Crippen LogP contribution in [0.25, 0.3) is 0 Å². The number of benzene rings is 3. The summed E-state index contributed by atoms with van der Waals surface area (Å²) in [5, 5.41) is 2.99. The molecule has 0 saturated heterocycles. The third-order valence-electron chi connectivity index (χ3n) is 4.89. The maximum atomic E-state index is 13.0. The number of nitrogens with one attached hydrogen (secondary N) is 2. The molecule has 0 radical (unpaired) electrons. The lowest BCUT2D eigenvalue weighted by molar-refractivity contribution is 0.0938. The number of amides is 1. The molecule has 3 aromatic carbocycles. The van der Waals surface area contributed by atoms with Gasteiger partial charge >= 0.3 is 0 Å². The van der Waals surface area contributed by atoms with Crippen LogP contribution in [0.5, 0.6) is 0 Å². The van der Waals surface area contributed by atoms with Gasteiger partial charge in [-0.15, -0.1) is 0 Å². The van der Waals surface area contributed by atoms with E-state index >= 15 is 0 Å². The van der Waals surface area contributed by atoms with Crippen LogP contribution in [0.1, 0.15) is 34.8 Å². The topological polar surface area (TPSA) is 75.3 Å². The Hall–Kier alpha value is -3.03. The quantitative estimate of drug-likeness (QED) is 0.527. The molecule has 0 aliphatic carbocycles. The molecular weight excluding hydrogens is 415 g/mol. The van der Waals surface area contributed by atoms with Crippen molar-refractivity contribution in [3.63, 3.8) is 0 Å². The molecule has 2 N–H and O–H groups in total. The fourth-order valence-corrected chi connectivity index (χ4v) is 4.07. The summed E-state index contributed by atoms with van der Waals surface area (Å²) in [6, 6.07) is 21.5. The van der Waals surface area contributed by atoms with Gasteiger partial charge in [-0.2, -0.15) is 0 Å². The second kappa shape index (κ2) is 10.3. The summed E-state index contributed by atoms with van der Waals surface area (Å²) in [5.74, 6) is -0.666. The molecule has 0 bridgehead atoms. The van der Waals surface area contributed by atoms with Gasteiger partial charge in [0, 0.05) is 18.2 Å². The fourth-order valence-electron chi connectivity index (χ4n) is 3.06. The zero-order valence-corrected chi connectivity index (χ0v) is 18.0. The average molecular weight is 441 g/mol. The van der Waals surface area contributed by atoms with Crippen LogP contribution in [-0.2, 0) is 23.0 Å². The Morgan fingerprint density at radius 3 is 2.19 bits per heavy atom. The minimum Gasteiger partial charge on any atom is -0.350 e. The number of hydrogen-bond donors (Lipinski definition) is 2. The van der Waals surface area contributed by atoms with E-state index in [1.807, 2.05) is 25.1 Å². The highest BCUT2D eigenvalue weighted by Crippen LogP contribution is 2.12. The maximum absolute atomic E-state index is 13.0. The van der Waals surface area contributed by atoms with Gasteiger partial charge in [-0.05, 0) is 67.3 Å². The minimum atomic E-state index is -3.74. The van der Waals surface area contributed by atoms with Gasteiger partial charge in [0.05, 0.1) is 4.90 Å². The summed E-state index contributed by atoms with van der Waals surface area (Å²) < 4.78 is 40.0. The zero-order chi connectivity index (χ0) is 22.3. The molecule has 0 fully saturated rings. The molecule has 0 saturated carbocycles. The Morgan fingerprint density at radius 2 is 1.55 bits per heavy atom. The molecule has 3 aromatic rings. The van der Waals surface area contributed by atoms with Crippen molar-refractivity contribution in [3.8, 4) is 0 Å². The van der Waals surface area contributed by atoms with Crippen molar-refractivity contribution >= 4 is 15.9 Å². The number of aryl methyl sites for hydroxylation is 1. The molecule has 0 spiro atoms. The number of carbonyl (C=O) groups is 1. The van der Waals surface area contributed by atoms with E-state index < -0.39 is 15.8 Å². The molecule has 5 nitrogen and oxygen atoms in total. The van der Waals surface area contributed by atoms with Crippen LogP contribution in [0.2, 0.25) is 0 Å². The van der Waals surface area contributed by atoms with Crippen molar-refractivity contribution in [1.82, 2.24) is 10.0 Å². The lowest BCUT2D eigenvalue weighted by Crippen LogP contribution is -2.32. The van der Waals surface area contributed by atoms with E-state index in [-0.39, 0.29) is 23.4 Å². The Labute approximate surface area is 182 Å². The van der Waals surface area contributed by atoms with Crippen molar-refractivity contribution in [1.29, 1.82) is 0 Å². The van der Waals surface area contributed by atoms with Gasteiger partial charge in [0.1, 0.15) is 5.82 Å². The Kier molecular flexibility index (Phi) is 7.55. The van der Waals surface area contributed by atoms with Crippen LogP contribution in [0.15, 0.2) is 83.8 Å². The molecule has 162 valence electrons. The first-order valence-electron chi connectivity index (χ1n) is 10.0. The van der Waals surface area contributed by atoms with Crippen molar-refractivity contribution in [3.05, 3.63) is 101 Å². The first-order chi connectivity index (χ1) is 14.8. The number of halogens is 1. The lowest BCUT2D eigenvalue weighted by Gasteiger charge is -2.14. The smallest absolute Gasteiger partial charge is 0.251 e. The predicted molar refractivity (Wildman–Crippen MR) is 119 cm³/mol. The Morgan fingerprint density at radius 1 is 0.903 bits per heavy atom. The number of carbonyl (C=O) groups excluding carboxylic acids is 1. The van der Waals surface area contributed by atoms with E-state index in [0.29, 0.717) is 11.1 Å². The van der Waals surface area contributed by atoms with E-state index in [0.717, 1.165) is 25.0 Å². The van der Waals surface area contributed by atoms with Crippen molar-refractivity contribution in [2.45, 2.75) is 37.2 Å². The van der Waals surface area contributed by atoms with Crippen molar-refractivity contribution in [2.24, 2.45) is 0 Å². The molecule has 31 heavy (non-hydrogen) atoms. The second-order valence-corrected chi connectivity index (χ2v) is 9.14. The summed E-state index contributed by atoms with van der Waals surface area (Å²) in [7, 11) is -3.74. The van der Waals surface area contributed by atoms with Crippen molar-refractivity contribution < 1.29 is 17.6 Å². The second-order valence-electron chi connectivity index (χ2n) is 7.37. The van der Waals surface area contributed by atoms with Gasteiger partial charge in [0.15, 0.2) is 0 Å². The summed E-state index contributed by atoms with van der Waals surface area (Å²) in [6.45, 7) is 2.04. The summed E-state index contributed by atoms with van der Waals surface area (Å²) >= 11 is 0. The Balaban J connectivity index is 1.50. The first-order valence-corrected chi connectivity index (χ1v) is 11.5. The molecule has 1 amide bonds. The van der Waals surface area contributed by atoms with Crippen LogP contribution in [-0.4, -0.2) is 20.4 Å². The monoisotopic (exact) mass is 440 g/mol. The van der Waals surface area contributed by atoms with Crippen LogP contribution >= 0.6 is 0 Å². The number of hydrogen-bond acceptors (Lipinski definition) is 3. The molecular formula is C24H25FN2O3S. The minimum absolute atomic E-state index is 0.00520. The molecule has 1 unspecified atom stereocenters. The van der Waals surface area contributed by atoms with Gasteiger partial charge < -0.3 is 5.32 Å². The van der Waals surface area contributed by atoms with E-state index in [2.05, 4.69) is 22.2 Å². The normalized spacial score (nSPS) is 12.3. The molecule has 1 atom stereocenters. The highest BCUT2D eigenvalue weighted by Gasteiger charge is 2.14. The molecule has 3 rings (SSSR count). The molecule has 0 heterocycles. The largest absolute Gasteiger partial charge is 0.350 e. The zero-order valence-electron chi connectivity index (χ0n) is 17.2. The standard InChI is InChI=1S/C24H25FN2O3S/c1-18(7-8-19-5-3-2-4-6-19)27-24(28)21-11-9-20(10-12-21)17-26-31(29,30)23-15-13-22(25)14-16-23/h2-6,9-16,18,26H,7-8,17H2,1H3,(H,27,28). The third kappa shape index (κ3) is 6.73. The SMILES string of the molecule is CC(CCc1ccccc1)NC(=O)c1ccc(CNS(=O)(=O)c2ccc(F)cc2)cc1. The average Bonchev–Trinajstić information content (AvgIpc) is 2.78. The van der Waals surface area contributed by atoms with E-state index in [1.54, 1.807) is 24.3 Å². The summed E-state index contributed by atoms with van der Waals surface area (Å²) in [5.41, 5.74) is 2.45. The predicted octanol–water partition coefficient (Wildman–Crippen LogP) is 4.06. The molecule has 0 aromatic heterocycles. The van der Waals surface area contributed by atoms with Crippen LogP contribution < -0.4 is 10.0 Å². The Bertz CT molecular complexity index is 1100. The van der Waals surface area contributed by atoms with Crippen LogP contribution in [0.4, 0.5) is 4.39 Å². The van der Waals surface area contributed by atoms with E-state index in [4.69, 9.17) is 0 Å². The fraction of sp³-hybridized carbons (Fsp3) is 0.208. The van der Waals surface area contributed by atoms with Gasteiger partial charge in [-0.25, -0.2) is 17.5 Å². The van der Waals surface area contributed by atoms with Crippen molar-refractivity contribution in [2.75, 3.05) is 0 Å². The third-order valence-corrected chi connectivity index (χ3v) is 6.31. The first kappa shape index (κ1) is 22.7. The maximum Gasteiger partial charge on any atom is 0.251 e. The van der Waals surface area contributed by atoms with Gasteiger partial charge in [0.2, 0.25) is 10.0 Å². The van der Waals surface area contributed by atoms with E-state index in [9.17, 15) is 17.6 Å². The lowest BCUT2D eigenvalue weighted by atomic mass is 10.1. The highest BCUT2D eigenvalue weighted by molar-refractivity contribution is 7.89. The summed E-state index contributed by atoms with van der Waals surface area (Å²) in [4.78, 5) is 12.4. The van der Waals surface area contributed by atoms with Gasteiger partial charge in [-0.1, -0.05) is 42.5 Å². The molecule has 7 heteroatoms. The number of sulfonamides is 1.